The molecule has 2 aromatic carbocycles. The Labute approximate surface area is 181 Å². The highest BCUT2D eigenvalue weighted by atomic mass is 32.1. The van der Waals surface area contributed by atoms with Gasteiger partial charge in [-0.05, 0) is 67.7 Å². The van der Waals surface area contributed by atoms with Gasteiger partial charge in [-0.25, -0.2) is 0 Å². The molecule has 0 atom stereocenters. The summed E-state index contributed by atoms with van der Waals surface area (Å²) >= 11 is 5.11. The number of hydrogen-bond acceptors (Lipinski definition) is 4. The highest BCUT2D eigenvalue weighted by Crippen LogP contribution is 2.32. The van der Waals surface area contributed by atoms with Gasteiger partial charge in [0.25, 0.3) is 0 Å². The van der Waals surface area contributed by atoms with E-state index >= 15 is 0 Å². The van der Waals surface area contributed by atoms with Crippen molar-refractivity contribution in [3.05, 3.63) is 72.0 Å². The molecule has 31 heavy (non-hydrogen) atoms. The summed E-state index contributed by atoms with van der Waals surface area (Å²) in [4.78, 5) is 12.2. The lowest BCUT2D eigenvalue weighted by molar-refractivity contribution is -0.137. The van der Waals surface area contributed by atoms with E-state index in [1.54, 1.807) is 24.3 Å². The number of furan rings is 1. The summed E-state index contributed by atoms with van der Waals surface area (Å²) in [5, 5.41) is 3.01. The van der Waals surface area contributed by atoms with Crippen LogP contribution in [0.1, 0.15) is 23.0 Å². The Kier molecular flexibility index (Phi) is 6.81. The number of rotatable bonds is 5. The largest absolute Gasteiger partial charge is 0.494 e. The molecule has 0 aliphatic rings. The molecular formula is C21H18F3N3O3S. The van der Waals surface area contributed by atoms with Gasteiger partial charge in [-0.3, -0.25) is 15.6 Å². The molecule has 3 aromatic rings. The average molecular weight is 449 g/mol. The number of hydrazine groups is 1. The van der Waals surface area contributed by atoms with E-state index in [-0.39, 0.29) is 22.2 Å². The number of alkyl halides is 3. The second-order valence-electron chi connectivity index (χ2n) is 6.23. The summed E-state index contributed by atoms with van der Waals surface area (Å²) in [7, 11) is 0. The fourth-order valence-corrected chi connectivity index (χ4v) is 2.77. The number of benzene rings is 2. The van der Waals surface area contributed by atoms with E-state index in [0.717, 1.165) is 17.9 Å². The molecular weight excluding hydrogens is 431 g/mol. The van der Waals surface area contributed by atoms with Crippen LogP contribution in [0.25, 0.3) is 11.3 Å². The first kappa shape index (κ1) is 22.2. The fourth-order valence-electron chi connectivity index (χ4n) is 2.60. The summed E-state index contributed by atoms with van der Waals surface area (Å²) < 4.78 is 49.4. The van der Waals surface area contributed by atoms with Crippen molar-refractivity contribution in [1.82, 2.24) is 10.9 Å². The van der Waals surface area contributed by atoms with Gasteiger partial charge in [0, 0.05) is 11.3 Å². The Balaban J connectivity index is 1.57. The molecule has 0 fully saturated rings. The van der Waals surface area contributed by atoms with Crippen LogP contribution in [-0.2, 0) is 6.18 Å². The van der Waals surface area contributed by atoms with Crippen LogP contribution in [0.5, 0.6) is 5.75 Å². The lowest BCUT2D eigenvalue weighted by atomic mass is 10.1. The number of amides is 1. The van der Waals surface area contributed by atoms with Gasteiger partial charge in [0.1, 0.15) is 11.5 Å². The van der Waals surface area contributed by atoms with Crippen molar-refractivity contribution in [1.29, 1.82) is 0 Å². The predicted molar refractivity (Wildman–Crippen MR) is 114 cm³/mol. The lowest BCUT2D eigenvalue weighted by Crippen LogP contribution is -2.43. The van der Waals surface area contributed by atoms with Crippen LogP contribution in [0.15, 0.2) is 65.1 Å². The lowest BCUT2D eigenvalue weighted by Gasteiger charge is -2.11. The number of halogens is 3. The number of carbonyl (C=O) groups excluding carboxylic acids is 1. The van der Waals surface area contributed by atoms with Crippen LogP contribution in [0.4, 0.5) is 18.9 Å². The highest BCUT2D eigenvalue weighted by Gasteiger charge is 2.30. The summed E-state index contributed by atoms with van der Waals surface area (Å²) in [5.74, 6) is 0.110. The average Bonchev–Trinajstić information content (AvgIpc) is 3.24. The smallest absolute Gasteiger partial charge is 0.416 e. The topological polar surface area (TPSA) is 75.5 Å². The van der Waals surface area contributed by atoms with E-state index in [2.05, 4.69) is 16.2 Å². The van der Waals surface area contributed by atoms with Crippen molar-refractivity contribution in [2.45, 2.75) is 13.1 Å². The maximum absolute atomic E-state index is 12.9. The molecule has 0 radical (unpaired) electrons. The van der Waals surface area contributed by atoms with E-state index in [9.17, 15) is 18.0 Å². The van der Waals surface area contributed by atoms with E-state index in [1.165, 1.54) is 24.3 Å². The maximum Gasteiger partial charge on any atom is 0.416 e. The third-order valence-electron chi connectivity index (χ3n) is 4.02. The standard InChI is InChI=1S/C21H18F3N3O3S/c1-2-29-16-8-6-15(7-9-16)25-20(31)27-26-19(28)18-11-10-17(30-18)13-4-3-5-14(12-13)21(22,23)24/h3-12H,2H2,1H3,(H,26,28)(H2,25,27,31). The van der Waals surface area contributed by atoms with Gasteiger partial charge in [-0.2, -0.15) is 13.2 Å². The fraction of sp³-hybridized carbons (Fsp3) is 0.143. The second kappa shape index (κ2) is 9.52. The Morgan fingerprint density at radius 2 is 1.81 bits per heavy atom. The van der Waals surface area contributed by atoms with Gasteiger partial charge in [-0.1, -0.05) is 12.1 Å². The Hall–Kier alpha value is -3.53. The number of anilines is 1. The molecule has 1 heterocycles. The van der Waals surface area contributed by atoms with E-state index in [0.29, 0.717) is 12.3 Å². The molecule has 0 aliphatic heterocycles. The minimum absolute atomic E-state index is 0.0937. The van der Waals surface area contributed by atoms with Gasteiger partial charge < -0.3 is 14.5 Å². The van der Waals surface area contributed by atoms with Gasteiger partial charge in [0.15, 0.2) is 10.9 Å². The molecule has 10 heteroatoms. The van der Waals surface area contributed by atoms with Crippen LogP contribution >= 0.6 is 12.2 Å². The van der Waals surface area contributed by atoms with Crippen LogP contribution < -0.4 is 20.9 Å². The summed E-state index contributed by atoms with van der Waals surface area (Å²) in [6, 6.07) is 14.5. The van der Waals surface area contributed by atoms with E-state index in [4.69, 9.17) is 21.4 Å². The summed E-state index contributed by atoms with van der Waals surface area (Å²) in [6.07, 6.45) is -4.47. The number of nitrogens with one attached hydrogen (secondary N) is 3. The van der Waals surface area contributed by atoms with Crippen molar-refractivity contribution in [2.75, 3.05) is 11.9 Å². The van der Waals surface area contributed by atoms with Crippen LogP contribution in [0.3, 0.4) is 0 Å². The van der Waals surface area contributed by atoms with Crippen molar-refractivity contribution in [2.24, 2.45) is 0 Å². The van der Waals surface area contributed by atoms with Crippen molar-refractivity contribution < 1.29 is 27.1 Å². The monoisotopic (exact) mass is 449 g/mol. The van der Waals surface area contributed by atoms with E-state index in [1.807, 2.05) is 6.92 Å². The van der Waals surface area contributed by atoms with Crippen molar-refractivity contribution in [3.63, 3.8) is 0 Å². The molecule has 0 saturated carbocycles. The molecule has 1 aromatic heterocycles. The molecule has 6 nitrogen and oxygen atoms in total. The number of ether oxygens (including phenoxy) is 1. The van der Waals surface area contributed by atoms with E-state index < -0.39 is 17.6 Å². The number of hydrogen-bond donors (Lipinski definition) is 3. The number of carbonyl (C=O) groups is 1. The molecule has 1 amide bonds. The van der Waals surface area contributed by atoms with Gasteiger partial charge >= 0.3 is 12.1 Å². The van der Waals surface area contributed by atoms with Gasteiger partial charge in [0.05, 0.1) is 12.2 Å². The zero-order valence-corrected chi connectivity index (χ0v) is 17.1. The summed E-state index contributed by atoms with van der Waals surface area (Å²) in [6.45, 7) is 2.44. The first-order valence-electron chi connectivity index (χ1n) is 9.14. The van der Waals surface area contributed by atoms with Crippen molar-refractivity contribution >= 4 is 28.9 Å². The summed E-state index contributed by atoms with van der Waals surface area (Å²) in [5.41, 5.74) is 4.97. The van der Waals surface area contributed by atoms with Crippen molar-refractivity contribution in [3.8, 4) is 17.1 Å². The Morgan fingerprint density at radius 3 is 2.48 bits per heavy atom. The molecule has 162 valence electrons. The third kappa shape index (κ3) is 5.98. The molecule has 0 saturated heterocycles. The quantitative estimate of drug-likeness (QED) is 0.376. The normalized spacial score (nSPS) is 11.0. The SMILES string of the molecule is CCOc1ccc(NC(=S)NNC(=O)c2ccc(-c3cccc(C(F)(F)F)c3)o2)cc1. The highest BCUT2D eigenvalue weighted by molar-refractivity contribution is 7.80. The van der Waals surface area contributed by atoms with Crippen LogP contribution in [-0.4, -0.2) is 17.6 Å². The zero-order chi connectivity index (χ0) is 22.4. The van der Waals surface area contributed by atoms with Crippen LogP contribution in [0.2, 0.25) is 0 Å². The molecule has 0 unspecified atom stereocenters. The Morgan fingerprint density at radius 1 is 1.06 bits per heavy atom. The van der Waals surface area contributed by atoms with Gasteiger partial charge in [-0.15, -0.1) is 0 Å². The molecule has 3 N–H and O–H groups in total. The number of thiocarbonyl (C=S) groups is 1. The van der Waals surface area contributed by atoms with Gasteiger partial charge in [0.2, 0.25) is 0 Å². The first-order valence-corrected chi connectivity index (χ1v) is 9.55. The molecule has 3 rings (SSSR count). The third-order valence-corrected chi connectivity index (χ3v) is 4.22. The molecule has 0 spiro atoms. The molecule has 0 aliphatic carbocycles. The predicted octanol–water partition coefficient (Wildman–Crippen LogP) is 5.00. The molecule has 0 bridgehead atoms. The zero-order valence-electron chi connectivity index (χ0n) is 16.2. The van der Waals surface area contributed by atoms with Crippen LogP contribution in [0, 0.1) is 0 Å². The Bertz CT molecular complexity index is 1070. The maximum atomic E-state index is 12.9. The minimum atomic E-state index is -4.47. The second-order valence-corrected chi connectivity index (χ2v) is 6.64. The first-order chi connectivity index (χ1) is 14.8. The minimum Gasteiger partial charge on any atom is -0.494 e.